The number of benzene rings is 1. The van der Waals surface area contributed by atoms with E-state index in [2.05, 4.69) is 12.2 Å². The fraction of sp³-hybridized carbons (Fsp3) is 0.556. The molecule has 2 saturated heterocycles. The summed E-state index contributed by atoms with van der Waals surface area (Å²) in [5.74, 6) is 0.278. The monoisotopic (exact) mass is 379 g/mol. The number of rotatable bonds is 5. The molecule has 0 bridgehead atoms. The molecule has 0 saturated carbocycles. The van der Waals surface area contributed by atoms with Crippen LogP contribution in [0.1, 0.15) is 32.6 Å². The highest BCUT2D eigenvalue weighted by Gasteiger charge is 2.28. The van der Waals surface area contributed by atoms with Crippen molar-refractivity contribution in [3.05, 3.63) is 24.3 Å². The number of carbonyl (C=O) groups excluding carboxylic acids is 2. The average molecular weight is 379 g/mol. The molecule has 1 N–H and O–H groups in total. The van der Waals surface area contributed by atoms with Gasteiger partial charge in [0.1, 0.15) is 0 Å². The molecule has 0 aromatic heterocycles. The van der Waals surface area contributed by atoms with Crippen molar-refractivity contribution < 1.29 is 18.0 Å². The number of sulfonamides is 1. The highest BCUT2D eigenvalue weighted by Crippen LogP contribution is 2.24. The van der Waals surface area contributed by atoms with Crippen molar-refractivity contribution in [2.24, 2.45) is 5.92 Å². The van der Waals surface area contributed by atoms with Gasteiger partial charge < -0.3 is 10.2 Å². The third-order valence-corrected chi connectivity index (χ3v) is 6.94. The summed E-state index contributed by atoms with van der Waals surface area (Å²) in [6.07, 6.45) is 3.04. The van der Waals surface area contributed by atoms with Gasteiger partial charge in [-0.1, -0.05) is 6.92 Å². The van der Waals surface area contributed by atoms with Crippen LogP contribution >= 0.6 is 0 Å². The largest absolute Gasteiger partial charge is 0.333 e. The van der Waals surface area contributed by atoms with Crippen molar-refractivity contribution in [3.8, 4) is 0 Å². The summed E-state index contributed by atoms with van der Waals surface area (Å²) in [5.41, 5.74) is 0.521. The number of nitrogens with zero attached hydrogens (tertiary/aromatic N) is 2. The predicted octanol–water partition coefficient (Wildman–Crippen LogP) is 1.67. The number of likely N-dealkylation sites (tertiary alicyclic amines) is 1. The minimum atomic E-state index is -3.49. The molecule has 2 fully saturated rings. The zero-order valence-corrected chi connectivity index (χ0v) is 15.8. The molecule has 8 heteroatoms. The molecular weight excluding hydrogens is 354 g/mol. The molecule has 142 valence electrons. The molecule has 0 aliphatic carbocycles. The van der Waals surface area contributed by atoms with Crippen LogP contribution in [0.4, 0.5) is 5.69 Å². The highest BCUT2D eigenvalue weighted by molar-refractivity contribution is 7.89. The molecule has 0 atom stereocenters. The normalized spacial score (nSPS) is 19.7. The van der Waals surface area contributed by atoms with Gasteiger partial charge in [-0.3, -0.25) is 9.59 Å². The third kappa shape index (κ3) is 4.24. The second-order valence-electron chi connectivity index (χ2n) is 7.08. The Hall–Kier alpha value is -1.93. The van der Waals surface area contributed by atoms with Gasteiger partial charge in [0.15, 0.2) is 0 Å². The van der Waals surface area contributed by atoms with Crippen molar-refractivity contribution in [1.82, 2.24) is 9.21 Å². The topological polar surface area (TPSA) is 86.8 Å². The van der Waals surface area contributed by atoms with Crippen molar-refractivity contribution in [2.45, 2.75) is 37.5 Å². The second kappa shape index (κ2) is 7.75. The molecule has 26 heavy (non-hydrogen) atoms. The number of amides is 2. The van der Waals surface area contributed by atoms with Crippen LogP contribution in [0.3, 0.4) is 0 Å². The molecule has 3 rings (SSSR count). The smallest absolute Gasteiger partial charge is 0.243 e. The molecule has 7 nitrogen and oxygen atoms in total. The number of anilines is 1. The van der Waals surface area contributed by atoms with E-state index in [0.717, 1.165) is 19.3 Å². The van der Waals surface area contributed by atoms with Gasteiger partial charge in [0, 0.05) is 31.7 Å². The van der Waals surface area contributed by atoms with Crippen LogP contribution < -0.4 is 5.32 Å². The minimum Gasteiger partial charge on any atom is -0.333 e. The summed E-state index contributed by atoms with van der Waals surface area (Å²) >= 11 is 0. The van der Waals surface area contributed by atoms with Gasteiger partial charge in [0.25, 0.3) is 0 Å². The highest BCUT2D eigenvalue weighted by atomic mass is 32.2. The Labute approximate surface area is 154 Å². The lowest BCUT2D eigenvalue weighted by Crippen LogP contribution is -2.37. The van der Waals surface area contributed by atoms with Gasteiger partial charge >= 0.3 is 0 Å². The van der Waals surface area contributed by atoms with Crippen LogP contribution in [0.5, 0.6) is 0 Å². The molecular formula is C18H25N3O4S. The van der Waals surface area contributed by atoms with Gasteiger partial charge in [0.2, 0.25) is 21.8 Å². The first kappa shape index (κ1) is 18.8. The van der Waals surface area contributed by atoms with E-state index in [1.54, 1.807) is 12.1 Å². The molecule has 0 spiro atoms. The minimum absolute atomic E-state index is 0.00237. The van der Waals surface area contributed by atoms with Crippen LogP contribution in [0, 0.1) is 5.92 Å². The van der Waals surface area contributed by atoms with Crippen molar-refractivity contribution in [3.63, 3.8) is 0 Å². The fourth-order valence-electron chi connectivity index (χ4n) is 3.33. The van der Waals surface area contributed by atoms with Crippen LogP contribution in [0.2, 0.25) is 0 Å². The molecule has 2 aliphatic heterocycles. The summed E-state index contributed by atoms with van der Waals surface area (Å²) in [4.78, 5) is 25.4. The Morgan fingerprint density at radius 3 is 2.38 bits per heavy atom. The first-order chi connectivity index (χ1) is 12.4. The average Bonchev–Trinajstić information content (AvgIpc) is 3.00. The number of piperidine rings is 1. The Bertz CT molecular complexity index is 768. The van der Waals surface area contributed by atoms with Gasteiger partial charge in [0.05, 0.1) is 11.4 Å². The lowest BCUT2D eigenvalue weighted by atomic mass is 10.0. The zero-order valence-electron chi connectivity index (χ0n) is 15.0. The van der Waals surface area contributed by atoms with Crippen LogP contribution in [0.25, 0.3) is 0 Å². The number of hydrogen-bond acceptors (Lipinski definition) is 4. The van der Waals surface area contributed by atoms with E-state index >= 15 is 0 Å². The van der Waals surface area contributed by atoms with E-state index in [9.17, 15) is 18.0 Å². The van der Waals surface area contributed by atoms with Gasteiger partial charge in [-0.2, -0.15) is 4.31 Å². The molecule has 1 aromatic carbocycles. The number of nitrogens with one attached hydrogen (secondary N) is 1. The lowest BCUT2D eigenvalue weighted by molar-refractivity contribution is -0.131. The standard InChI is InChI=1S/C18H25N3O4S/c1-14-8-11-21(12-9-14)26(24,25)16-6-4-15(5-7-16)19-17(22)13-20-10-2-3-18(20)23/h4-7,14H,2-3,8-13H2,1H3,(H,19,22). The maximum absolute atomic E-state index is 12.7. The lowest BCUT2D eigenvalue weighted by Gasteiger charge is -2.29. The molecule has 0 unspecified atom stereocenters. The Morgan fingerprint density at radius 1 is 1.15 bits per heavy atom. The van der Waals surface area contributed by atoms with Gasteiger partial charge in [-0.25, -0.2) is 8.42 Å². The summed E-state index contributed by atoms with van der Waals surface area (Å²) in [6, 6.07) is 6.21. The van der Waals surface area contributed by atoms with Crippen molar-refractivity contribution in [1.29, 1.82) is 0 Å². The predicted molar refractivity (Wildman–Crippen MR) is 98.0 cm³/mol. The molecule has 2 aliphatic rings. The Balaban J connectivity index is 1.61. The van der Waals surface area contributed by atoms with Crippen LogP contribution in [0.15, 0.2) is 29.2 Å². The van der Waals surface area contributed by atoms with Crippen molar-refractivity contribution in [2.75, 3.05) is 31.5 Å². The maximum Gasteiger partial charge on any atom is 0.243 e. The molecule has 2 amide bonds. The molecule has 2 heterocycles. The summed E-state index contributed by atoms with van der Waals surface area (Å²) in [7, 11) is -3.49. The maximum atomic E-state index is 12.7. The quantitative estimate of drug-likeness (QED) is 0.843. The first-order valence-electron chi connectivity index (χ1n) is 9.04. The number of carbonyl (C=O) groups is 2. The van der Waals surface area contributed by atoms with Crippen LogP contribution in [-0.2, 0) is 19.6 Å². The van der Waals surface area contributed by atoms with Gasteiger partial charge in [-0.05, 0) is 49.4 Å². The molecule has 1 aromatic rings. The molecule has 0 radical (unpaired) electrons. The van der Waals surface area contributed by atoms with E-state index in [-0.39, 0.29) is 23.3 Å². The van der Waals surface area contributed by atoms with E-state index in [1.165, 1.54) is 21.3 Å². The summed E-state index contributed by atoms with van der Waals surface area (Å²) in [6.45, 7) is 3.87. The Morgan fingerprint density at radius 2 is 1.81 bits per heavy atom. The SMILES string of the molecule is CC1CCN(S(=O)(=O)c2ccc(NC(=O)CN3CCCC3=O)cc2)CC1. The van der Waals surface area contributed by atoms with E-state index in [0.29, 0.717) is 37.7 Å². The van der Waals surface area contributed by atoms with E-state index in [1.807, 2.05) is 0 Å². The zero-order chi connectivity index (χ0) is 18.7. The fourth-order valence-corrected chi connectivity index (χ4v) is 4.80. The second-order valence-corrected chi connectivity index (χ2v) is 9.02. The van der Waals surface area contributed by atoms with E-state index < -0.39 is 10.0 Å². The van der Waals surface area contributed by atoms with Gasteiger partial charge in [-0.15, -0.1) is 0 Å². The van der Waals surface area contributed by atoms with E-state index in [4.69, 9.17) is 0 Å². The first-order valence-corrected chi connectivity index (χ1v) is 10.5. The summed E-state index contributed by atoms with van der Waals surface area (Å²) in [5, 5.41) is 2.71. The van der Waals surface area contributed by atoms with Crippen LogP contribution in [-0.4, -0.2) is 55.6 Å². The third-order valence-electron chi connectivity index (χ3n) is 5.02. The van der Waals surface area contributed by atoms with Crippen molar-refractivity contribution >= 4 is 27.5 Å². The Kier molecular flexibility index (Phi) is 5.62. The summed E-state index contributed by atoms with van der Waals surface area (Å²) < 4.78 is 26.9. The number of hydrogen-bond donors (Lipinski definition) is 1.